The first-order valence-corrected chi connectivity index (χ1v) is 8.66. The van der Waals surface area contributed by atoms with E-state index in [0.29, 0.717) is 19.6 Å². The predicted octanol–water partition coefficient (Wildman–Crippen LogP) is 3.69. The number of likely N-dealkylation sites (tertiary alicyclic amines) is 1. The van der Waals surface area contributed by atoms with Gasteiger partial charge in [0.15, 0.2) is 0 Å². The average Bonchev–Trinajstić information content (AvgIpc) is 2.55. The molecular formula is C19H28N2O3. The number of hydrogen-bond acceptors (Lipinski definition) is 3. The van der Waals surface area contributed by atoms with Crippen LogP contribution in [0.1, 0.15) is 40.5 Å². The summed E-state index contributed by atoms with van der Waals surface area (Å²) in [6.45, 7) is 9.22. The summed E-state index contributed by atoms with van der Waals surface area (Å²) in [4.78, 5) is 28.7. The van der Waals surface area contributed by atoms with E-state index in [-0.39, 0.29) is 17.9 Å². The number of para-hydroxylation sites is 1. The summed E-state index contributed by atoms with van der Waals surface area (Å²) in [7, 11) is 0. The van der Waals surface area contributed by atoms with Crippen LogP contribution in [0.3, 0.4) is 0 Å². The second-order valence-corrected chi connectivity index (χ2v) is 7.18. The molecule has 1 heterocycles. The molecule has 0 N–H and O–H groups in total. The Balaban J connectivity index is 2.05. The Morgan fingerprint density at radius 2 is 1.92 bits per heavy atom. The summed E-state index contributed by atoms with van der Waals surface area (Å²) in [5.74, 6) is -0.0941. The van der Waals surface area contributed by atoms with Crippen LogP contribution in [0.15, 0.2) is 30.3 Å². The maximum absolute atomic E-state index is 12.9. The Morgan fingerprint density at radius 3 is 2.50 bits per heavy atom. The van der Waals surface area contributed by atoms with Crippen molar-refractivity contribution >= 4 is 17.7 Å². The van der Waals surface area contributed by atoms with Crippen molar-refractivity contribution in [3.05, 3.63) is 30.3 Å². The fourth-order valence-electron chi connectivity index (χ4n) is 2.96. The topological polar surface area (TPSA) is 49.9 Å². The number of piperidine rings is 1. The first-order chi connectivity index (χ1) is 11.3. The van der Waals surface area contributed by atoms with Crippen molar-refractivity contribution in [2.24, 2.45) is 5.92 Å². The van der Waals surface area contributed by atoms with Gasteiger partial charge >= 0.3 is 6.09 Å². The maximum Gasteiger partial charge on any atom is 0.410 e. The Hall–Kier alpha value is -2.04. The third-order valence-electron chi connectivity index (χ3n) is 4.07. The van der Waals surface area contributed by atoms with E-state index in [9.17, 15) is 9.59 Å². The van der Waals surface area contributed by atoms with Crippen molar-refractivity contribution < 1.29 is 14.3 Å². The number of carbonyl (C=O) groups is 2. The number of carbonyl (C=O) groups excluding carboxylic acids is 2. The van der Waals surface area contributed by atoms with Gasteiger partial charge in [0, 0.05) is 25.3 Å². The summed E-state index contributed by atoms with van der Waals surface area (Å²) < 4.78 is 5.44. The highest BCUT2D eigenvalue weighted by Gasteiger charge is 2.33. The van der Waals surface area contributed by atoms with Crippen LogP contribution in [0.5, 0.6) is 0 Å². The minimum absolute atomic E-state index is 0.0805. The summed E-state index contributed by atoms with van der Waals surface area (Å²) in [5, 5.41) is 0. The van der Waals surface area contributed by atoms with Crippen LogP contribution in [0.2, 0.25) is 0 Å². The van der Waals surface area contributed by atoms with E-state index < -0.39 is 5.60 Å². The van der Waals surface area contributed by atoms with E-state index >= 15 is 0 Å². The molecule has 0 aromatic heterocycles. The Morgan fingerprint density at radius 1 is 1.25 bits per heavy atom. The van der Waals surface area contributed by atoms with Crippen LogP contribution in [0.4, 0.5) is 10.5 Å². The Labute approximate surface area is 144 Å². The van der Waals surface area contributed by atoms with Gasteiger partial charge in [-0.05, 0) is 52.7 Å². The van der Waals surface area contributed by atoms with E-state index in [2.05, 4.69) is 0 Å². The van der Waals surface area contributed by atoms with Gasteiger partial charge in [-0.25, -0.2) is 4.79 Å². The smallest absolute Gasteiger partial charge is 0.410 e. The number of anilines is 1. The SMILES string of the molecule is CCN(C(=O)C1CCCN(C(=O)OC(C)(C)C)C1)c1ccccc1. The Bertz CT molecular complexity index is 566. The van der Waals surface area contributed by atoms with Gasteiger partial charge in [0.1, 0.15) is 5.60 Å². The summed E-state index contributed by atoms with van der Waals surface area (Å²) >= 11 is 0. The second-order valence-electron chi connectivity index (χ2n) is 7.18. The monoisotopic (exact) mass is 332 g/mol. The average molecular weight is 332 g/mol. The molecular weight excluding hydrogens is 304 g/mol. The molecule has 0 aliphatic carbocycles. The van der Waals surface area contributed by atoms with Crippen molar-refractivity contribution in [2.45, 2.75) is 46.1 Å². The standard InChI is InChI=1S/C19H28N2O3/c1-5-21(16-11-7-6-8-12-16)17(22)15-10-9-13-20(14-15)18(23)24-19(2,3)4/h6-8,11-12,15H,5,9-10,13-14H2,1-4H3. The zero-order chi connectivity index (χ0) is 17.7. The van der Waals surface area contributed by atoms with Crippen molar-refractivity contribution in [2.75, 3.05) is 24.5 Å². The number of ether oxygens (including phenoxy) is 1. The molecule has 2 amide bonds. The first-order valence-electron chi connectivity index (χ1n) is 8.66. The minimum Gasteiger partial charge on any atom is -0.444 e. The lowest BCUT2D eigenvalue weighted by molar-refractivity contribution is -0.123. The normalized spacial score (nSPS) is 18.2. The molecule has 1 saturated heterocycles. The van der Waals surface area contributed by atoms with Crippen LogP contribution in [0.25, 0.3) is 0 Å². The van der Waals surface area contributed by atoms with E-state index in [4.69, 9.17) is 4.74 Å². The van der Waals surface area contributed by atoms with Crippen LogP contribution in [0, 0.1) is 5.92 Å². The number of benzene rings is 1. The molecule has 1 fully saturated rings. The second kappa shape index (κ2) is 7.69. The fraction of sp³-hybridized carbons (Fsp3) is 0.579. The van der Waals surface area contributed by atoms with Gasteiger partial charge in [-0.1, -0.05) is 18.2 Å². The molecule has 0 saturated carbocycles. The van der Waals surface area contributed by atoms with Crippen molar-refractivity contribution in [1.82, 2.24) is 4.90 Å². The molecule has 2 rings (SSSR count). The lowest BCUT2D eigenvalue weighted by Gasteiger charge is -2.35. The van der Waals surface area contributed by atoms with Crippen LogP contribution in [-0.2, 0) is 9.53 Å². The minimum atomic E-state index is -0.520. The quantitative estimate of drug-likeness (QED) is 0.848. The number of nitrogens with zero attached hydrogens (tertiary/aromatic N) is 2. The largest absolute Gasteiger partial charge is 0.444 e. The summed E-state index contributed by atoms with van der Waals surface area (Å²) in [6.07, 6.45) is 1.30. The van der Waals surface area contributed by atoms with Crippen LogP contribution < -0.4 is 4.90 Å². The fourth-order valence-corrected chi connectivity index (χ4v) is 2.96. The molecule has 132 valence electrons. The lowest BCUT2D eigenvalue weighted by Crippen LogP contribution is -2.48. The van der Waals surface area contributed by atoms with Gasteiger partial charge in [0.25, 0.3) is 0 Å². The van der Waals surface area contributed by atoms with Gasteiger partial charge in [-0.2, -0.15) is 0 Å². The molecule has 5 heteroatoms. The van der Waals surface area contributed by atoms with Crippen molar-refractivity contribution in [1.29, 1.82) is 0 Å². The van der Waals surface area contributed by atoms with E-state index in [1.54, 1.807) is 9.80 Å². The highest BCUT2D eigenvalue weighted by atomic mass is 16.6. The number of hydrogen-bond donors (Lipinski definition) is 0. The third kappa shape index (κ3) is 4.73. The molecule has 1 aromatic rings. The molecule has 0 bridgehead atoms. The van der Waals surface area contributed by atoms with E-state index in [1.165, 1.54) is 0 Å². The third-order valence-corrected chi connectivity index (χ3v) is 4.07. The summed E-state index contributed by atoms with van der Waals surface area (Å²) in [5.41, 5.74) is 0.382. The summed E-state index contributed by atoms with van der Waals surface area (Å²) in [6, 6.07) is 9.68. The molecule has 1 atom stereocenters. The van der Waals surface area contributed by atoms with Gasteiger partial charge in [-0.3, -0.25) is 4.79 Å². The molecule has 1 aliphatic heterocycles. The zero-order valence-electron chi connectivity index (χ0n) is 15.1. The lowest BCUT2D eigenvalue weighted by atomic mass is 9.96. The molecule has 0 radical (unpaired) electrons. The molecule has 24 heavy (non-hydrogen) atoms. The first kappa shape index (κ1) is 18.3. The van der Waals surface area contributed by atoms with Crippen molar-refractivity contribution in [3.8, 4) is 0 Å². The number of rotatable bonds is 3. The molecule has 0 spiro atoms. The number of amides is 2. The van der Waals surface area contributed by atoms with Crippen LogP contribution >= 0.6 is 0 Å². The van der Waals surface area contributed by atoms with Gasteiger partial charge < -0.3 is 14.5 Å². The predicted molar refractivity (Wildman–Crippen MR) is 95.0 cm³/mol. The molecule has 1 aliphatic rings. The highest BCUT2D eigenvalue weighted by molar-refractivity contribution is 5.95. The van der Waals surface area contributed by atoms with E-state index in [1.807, 2.05) is 58.0 Å². The van der Waals surface area contributed by atoms with Crippen LogP contribution in [-0.4, -0.2) is 42.1 Å². The maximum atomic E-state index is 12.9. The zero-order valence-corrected chi connectivity index (χ0v) is 15.1. The van der Waals surface area contributed by atoms with E-state index in [0.717, 1.165) is 18.5 Å². The van der Waals surface area contributed by atoms with Gasteiger partial charge in [-0.15, -0.1) is 0 Å². The van der Waals surface area contributed by atoms with Gasteiger partial charge in [0.2, 0.25) is 5.91 Å². The van der Waals surface area contributed by atoms with Crippen molar-refractivity contribution in [3.63, 3.8) is 0 Å². The highest BCUT2D eigenvalue weighted by Crippen LogP contribution is 2.24. The van der Waals surface area contributed by atoms with Gasteiger partial charge in [0.05, 0.1) is 5.92 Å². The molecule has 1 aromatic carbocycles. The molecule has 5 nitrogen and oxygen atoms in total. The Kier molecular flexibility index (Phi) is 5.86. The molecule has 1 unspecified atom stereocenters.